The normalized spacial score (nSPS) is 20.1. The van der Waals surface area contributed by atoms with Gasteiger partial charge < -0.3 is 14.7 Å². The van der Waals surface area contributed by atoms with Crippen LogP contribution in [0.15, 0.2) is 4.52 Å². The minimum absolute atomic E-state index is 0.0548. The van der Waals surface area contributed by atoms with Crippen molar-refractivity contribution in [2.45, 2.75) is 32.7 Å². The third-order valence-corrected chi connectivity index (χ3v) is 2.67. The molecule has 1 N–H and O–H groups in total. The van der Waals surface area contributed by atoms with Gasteiger partial charge in [-0.25, -0.2) is 4.79 Å². The van der Waals surface area contributed by atoms with Crippen molar-refractivity contribution in [1.29, 1.82) is 0 Å². The van der Waals surface area contributed by atoms with Crippen molar-refractivity contribution < 1.29 is 9.32 Å². The van der Waals surface area contributed by atoms with Crippen LogP contribution in [0.1, 0.15) is 37.5 Å². The first-order valence-corrected chi connectivity index (χ1v) is 5.57. The van der Waals surface area contributed by atoms with Crippen molar-refractivity contribution in [3.05, 3.63) is 11.7 Å². The van der Waals surface area contributed by atoms with Gasteiger partial charge in [0, 0.05) is 13.1 Å². The van der Waals surface area contributed by atoms with E-state index in [0.717, 1.165) is 19.4 Å². The first-order valence-electron chi connectivity index (χ1n) is 5.57. The number of likely N-dealkylation sites (tertiary alicyclic amines) is 1. The van der Waals surface area contributed by atoms with Crippen molar-refractivity contribution in [3.8, 4) is 0 Å². The van der Waals surface area contributed by atoms with Crippen molar-refractivity contribution in [2.75, 3.05) is 13.1 Å². The Hall–Kier alpha value is -1.59. The molecule has 0 spiro atoms. The number of carbonyl (C=O) groups is 1. The first-order chi connectivity index (χ1) is 7.72. The van der Waals surface area contributed by atoms with E-state index in [0.29, 0.717) is 18.3 Å². The number of hydrogen-bond acceptors (Lipinski definition) is 4. The number of amides is 2. The number of rotatable bonds is 2. The lowest BCUT2D eigenvalue weighted by molar-refractivity contribution is 0.181. The first kappa shape index (κ1) is 10.9. The highest BCUT2D eigenvalue weighted by Crippen LogP contribution is 2.30. The van der Waals surface area contributed by atoms with Crippen LogP contribution in [0.4, 0.5) is 4.79 Å². The zero-order valence-corrected chi connectivity index (χ0v) is 9.56. The summed E-state index contributed by atoms with van der Waals surface area (Å²) in [5, 5.41) is 6.55. The van der Waals surface area contributed by atoms with E-state index in [1.165, 1.54) is 0 Å². The van der Waals surface area contributed by atoms with E-state index >= 15 is 0 Å². The molecule has 1 saturated heterocycles. The van der Waals surface area contributed by atoms with Crippen LogP contribution in [0, 0.1) is 6.92 Å². The van der Waals surface area contributed by atoms with Crippen LogP contribution in [0.3, 0.4) is 0 Å². The molecule has 1 fully saturated rings. The van der Waals surface area contributed by atoms with Crippen LogP contribution in [0.25, 0.3) is 0 Å². The third kappa shape index (κ3) is 2.00. The fourth-order valence-corrected chi connectivity index (χ4v) is 1.97. The molecule has 1 unspecified atom stereocenters. The molecule has 0 bridgehead atoms. The minimum Gasteiger partial charge on any atom is -0.338 e. The topological polar surface area (TPSA) is 71.3 Å². The Morgan fingerprint density at radius 1 is 1.69 bits per heavy atom. The van der Waals surface area contributed by atoms with E-state index in [1.54, 1.807) is 11.8 Å². The summed E-state index contributed by atoms with van der Waals surface area (Å²) in [6.45, 7) is 5.06. The molecule has 2 rings (SSSR count). The summed E-state index contributed by atoms with van der Waals surface area (Å²) < 4.78 is 5.12. The highest BCUT2D eigenvalue weighted by Gasteiger charge is 2.33. The molecule has 1 aliphatic heterocycles. The summed E-state index contributed by atoms with van der Waals surface area (Å²) in [4.78, 5) is 17.7. The number of nitrogens with zero attached hydrogens (tertiary/aromatic N) is 3. The fourth-order valence-electron chi connectivity index (χ4n) is 1.97. The Balaban J connectivity index is 2.11. The van der Waals surface area contributed by atoms with E-state index in [9.17, 15) is 4.79 Å². The van der Waals surface area contributed by atoms with Crippen molar-refractivity contribution in [3.63, 3.8) is 0 Å². The summed E-state index contributed by atoms with van der Waals surface area (Å²) in [7, 11) is 0. The second kappa shape index (κ2) is 4.51. The van der Waals surface area contributed by atoms with Gasteiger partial charge in [0.25, 0.3) is 0 Å². The molecule has 16 heavy (non-hydrogen) atoms. The smallest absolute Gasteiger partial charge is 0.318 e. The zero-order valence-electron chi connectivity index (χ0n) is 9.56. The maximum atomic E-state index is 11.8. The number of nitrogens with one attached hydrogen (secondary N) is 1. The van der Waals surface area contributed by atoms with Gasteiger partial charge in [0.1, 0.15) is 6.04 Å². The Kier molecular flexibility index (Phi) is 3.07. The number of hydrogen-bond donors (Lipinski definition) is 1. The molecule has 6 heteroatoms. The van der Waals surface area contributed by atoms with Crippen molar-refractivity contribution in [2.24, 2.45) is 0 Å². The lowest BCUT2D eigenvalue weighted by Gasteiger charge is -2.21. The van der Waals surface area contributed by atoms with Gasteiger partial charge in [0.15, 0.2) is 5.82 Å². The van der Waals surface area contributed by atoms with Crippen molar-refractivity contribution in [1.82, 2.24) is 20.4 Å². The van der Waals surface area contributed by atoms with E-state index < -0.39 is 0 Å². The Morgan fingerprint density at radius 3 is 3.12 bits per heavy atom. The Morgan fingerprint density at radius 2 is 2.50 bits per heavy atom. The third-order valence-electron chi connectivity index (χ3n) is 2.67. The second-order valence-corrected chi connectivity index (χ2v) is 3.87. The van der Waals surface area contributed by atoms with Gasteiger partial charge in [0.05, 0.1) is 0 Å². The summed E-state index contributed by atoms with van der Waals surface area (Å²) in [5.41, 5.74) is 0. The van der Waals surface area contributed by atoms with Gasteiger partial charge in [-0.3, -0.25) is 0 Å². The van der Waals surface area contributed by atoms with Crippen LogP contribution in [0.5, 0.6) is 0 Å². The summed E-state index contributed by atoms with van der Waals surface area (Å²) in [6, 6.07) is -0.117. The Labute approximate surface area is 94.0 Å². The molecule has 1 aliphatic rings. The summed E-state index contributed by atoms with van der Waals surface area (Å²) >= 11 is 0. The van der Waals surface area contributed by atoms with E-state index in [2.05, 4.69) is 15.5 Å². The molecule has 1 aromatic rings. The molecule has 0 aromatic carbocycles. The van der Waals surface area contributed by atoms with Crippen LogP contribution in [-0.2, 0) is 0 Å². The second-order valence-electron chi connectivity index (χ2n) is 3.87. The number of urea groups is 1. The fraction of sp³-hybridized carbons (Fsp3) is 0.700. The van der Waals surface area contributed by atoms with Crippen LogP contribution in [-0.4, -0.2) is 34.2 Å². The standard InChI is InChI=1S/C10H16N4O2/c1-3-11-10(15)14-6-4-5-8(14)9-12-7(2)13-16-9/h8H,3-6H2,1-2H3,(H,11,15). The molecule has 0 radical (unpaired) electrons. The molecule has 6 nitrogen and oxygen atoms in total. The van der Waals surface area contributed by atoms with Gasteiger partial charge in [-0.2, -0.15) is 4.98 Å². The Bertz CT molecular complexity index is 377. The van der Waals surface area contributed by atoms with Gasteiger partial charge >= 0.3 is 6.03 Å². The molecular formula is C10H16N4O2. The maximum absolute atomic E-state index is 11.8. The van der Waals surface area contributed by atoms with E-state index in [-0.39, 0.29) is 12.1 Å². The molecule has 1 aromatic heterocycles. The maximum Gasteiger partial charge on any atom is 0.318 e. The van der Waals surface area contributed by atoms with Crippen molar-refractivity contribution >= 4 is 6.03 Å². The number of carbonyl (C=O) groups excluding carboxylic acids is 1. The predicted molar refractivity (Wildman–Crippen MR) is 56.8 cm³/mol. The molecular weight excluding hydrogens is 208 g/mol. The lowest BCUT2D eigenvalue weighted by Crippen LogP contribution is -2.39. The lowest BCUT2D eigenvalue weighted by atomic mass is 10.2. The number of aromatic nitrogens is 2. The summed E-state index contributed by atoms with van der Waals surface area (Å²) in [6.07, 6.45) is 1.86. The number of aryl methyl sites for hydroxylation is 1. The molecule has 0 aliphatic carbocycles. The van der Waals surface area contributed by atoms with E-state index in [4.69, 9.17) is 4.52 Å². The van der Waals surface area contributed by atoms with Gasteiger partial charge in [-0.1, -0.05) is 5.16 Å². The predicted octanol–water partition coefficient (Wildman–Crippen LogP) is 1.24. The average Bonchev–Trinajstić information content (AvgIpc) is 2.85. The van der Waals surface area contributed by atoms with Gasteiger partial charge in [-0.05, 0) is 26.7 Å². The van der Waals surface area contributed by atoms with Crippen LogP contribution < -0.4 is 5.32 Å². The molecule has 2 amide bonds. The van der Waals surface area contributed by atoms with Crippen LogP contribution >= 0.6 is 0 Å². The van der Waals surface area contributed by atoms with E-state index in [1.807, 2.05) is 6.92 Å². The molecule has 2 heterocycles. The highest BCUT2D eigenvalue weighted by molar-refractivity contribution is 5.74. The quantitative estimate of drug-likeness (QED) is 0.820. The van der Waals surface area contributed by atoms with Gasteiger partial charge in [-0.15, -0.1) is 0 Å². The minimum atomic E-state index is -0.0623. The van der Waals surface area contributed by atoms with Crippen LogP contribution in [0.2, 0.25) is 0 Å². The summed E-state index contributed by atoms with van der Waals surface area (Å²) in [5.74, 6) is 1.15. The zero-order chi connectivity index (χ0) is 11.5. The largest absolute Gasteiger partial charge is 0.338 e. The SMILES string of the molecule is CCNC(=O)N1CCCC1c1nc(C)no1. The molecule has 88 valence electrons. The van der Waals surface area contributed by atoms with Gasteiger partial charge in [0.2, 0.25) is 5.89 Å². The molecule has 1 atom stereocenters. The monoisotopic (exact) mass is 224 g/mol. The molecule has 0 saturated carbocycles. The highest BCUT2D eigenvalue weighted by atomic mass is 16.5. The average molecular weight is 224 g/mol.